The molecule has 3 aliphatic rings. The first kappa shape index (κ1) is 74.7. The van der Waals surface area contributed by atoms with Crippen molar-refractivity contribution < 1.29 is 9.84 Å². The molecule has 12 aromatic rings. The molecule has 0 fully saturated rings. The number of rotatable bonds is 14. The minimum absolute atomic E-state index is 0.172. The number of hydrogen-bond acceptors (Lipinski definition) is 18. The molecule has 0 aliphatic carbocycles. The number of aromatic amines is 8. The molecular weight excluding hydrogens is 1380 g/mol. The molecule has 0 spiro atoms. The van der Waals surface area contributed by atoms with Crippen LogP contribution in [-0.4, -0.2) is 136 Å². The van der Waals surface area contributed by atoms with E-state index in [2.05, 4.69) is 176 Å². The first-order valence-electron chi connectivity index (χ1n) is 31.9. The van der Waals surface area contributed by atoms with Crippen molar-refractivity contribution in [3.63, 3.8) is 0 Å². The second-order valence-corrected chi connectivity index (χ2v) is 25.4. The fourth-order valence-electron chi connectivity index (χ4n) is 10.1. The van der Waals surface area contributed by atoms with Gasteiger partial charge in [0.25, 0.3) is 0 Å². The zero-order valence-corrected chi connectivity index (χ0v) is 60.7. The van der Waals surface area contributed by atoms with Gasteiger partial charge in [-0.2, -0.15) is 40.8 Å². The van der Waals surface area contributed by atoms with Crippen LogP contribution in [0, 0.1) is 38.2 Å². The van der Waals surface area contributed by atoms with Gasteiger partial charge in [0, 0.05) is 59.1 Å². The van der Waals surface area contributed by atoms with Crippen LogP contribution < -0.4 is 0 Å². The van der Waals surface area contributed by atoms with Crippen LogP contribution in [0.25, 0.3) is 10.8 Å². The third kappa shape index (κ3) is 23.9. The molecular formula is C63H82N24O2S8. The van der Waals surface area contributed by atoms with Crippen LogP contribution in [-0.2, 0) is 89.9 Å². The number of ether oxygens (including phenoxy) is 1. The predicted molar refractivity (Wildman–Crippen MR) is 394 cm³/mol. The Morgan fingerprint density at radius 2 is 0.969 bits per heavy atom. The molecule has 514 valence electrons. The lowest BCUT2D eigenvalue weighted by molar-refractivity contribution is 0.0811. The number of nitrogens with one attached hydrogen (secondary N) is 8. The molecule has 0 amide bonds. The minimum Gasteiger partial charge on any atom is -0.396 e. The van der Waals surface area contributed by atoms with Crippen LogP contribution in [0.3, 0.4) is 0 Å². The first-order chi connectivity index (χ1) is 47.3. The van der Waals surface area contributed by atoms with Gasteiger partial charge in [-0.1, -0.05) is 123 Å². The summed E-state index contributed by atoms with van der Waals surface area (Å²) in [6.45, 7) is 9.92. The average molecular weight is 1460 g/mol. The Kier molecular flexibility index (Phi) is 31.3. The van der Waals surface area contributed by atoms with Crippen molar-refractivity contribution in [2.45, 2.75) is 143 Å². The van der Waals surface area contributed by atoms with E-state index in [1.807, 2.05) is 54.1 Å². The Morgan fingerprint density at radius 1 is 0.454 bits per heavy atom. The summed E-state index contributed by atoms with van der Waals surface area (Å²) in [6, 6.07) is 35.3. The van der Waals surface area contributed by atoms with E-state index in [-0.39, 0.29) is 6.61 Å². The van der Waals surface area contributed by atoms with E-state index in [0.717, 1.165) is 124 Å². The number of aliphatic hydroxyl groups is 1. The molecule has 0 saturated heterocycles. The number of aliphatic hydroxyl groups excluding tert-OH is 1. The number of aromatic nitrogens is 24. The van der Waals surface area contributed by atoms with E-state index < -0.39 is 0 Å². The van der Waals surface area contributed by atoms with E-state index in [1.54, 1.807) is 29.9 Å². The third-order valence-electron chi connectivity index (χ3n) is 15.3. The van der Waals surface area contributed by atoms with Gasteiger partial charge in [-0.05, 0) is 177 Å². The third-order valence-corrected chi connectivity index (χ3v) is 17.9. The number of H-pyrrole nitrogens is 8. The van der Waals surface area contributed by atoms with Crippen LogP contribution in [0.5, 0.6) is 0 Å². The van der Waals surface area contributed by atoms with Crippen molar-refractivity contribution in [2.75, 3.05) is 13.2 Å². The van der Waals surface area contributed by atoms with Gasteiger partial charge in [0.05, 0.1) is 26.2 Å². The van der Waals surface area contributed by atoms with Crippen molar-refractivity contribution in [3.8, 4) is 0 Å². The highest BCUT2D eigenvalue weighted by atomic mass is 32.1. The van der Waals surface area contributed by atoms with Gasteiger partial charge >= 0.3 is 0 Å². The van der Waals surface area contributed by atoms with Crippen molar-refractivity contribution in [1.82, 2.24) is 118 Å². The summed E-state index contributed by atoms with van der Waals surface area (Å²) >= 11 is 40.1. The molecule has 97 heavy (non-hydrogen) atoms. The maximum atomic E-state index is 8.84. The van der Waals surface area contributed by atoms with Crippen molar-refractivity contribution in [1.29, 1.82) is 0 Å². The van der Waals surface area contributed by atoms with Crippen LogP contribution in [0.2, 0.25) is 0 Å². The Hall–Kier alpha value is -8.06. The Balaban J connectivity index is 0.000000144. The first-order valence-corrected chi connectivity index (χ1v) is 35.2. The van der Waals surface area contributed by atoms with Crippen LogP contribution in [0.4, 0.5) is 0 Å². The van der Waals surface area contributed by atoms with Gasteiger partial charge in [0.2, 0.25) is 0 Å². The van der Waals surface area contributed by atoms with E-state index in [4.69, 9.17) is 108 Å². The molecule has 9 N–H and O–H groups in total. The lowest BCUT2D eigenvalue weighted by Gasteiger charge is -2.12. The van der Waals surface area contributed by atoms with E-state index in [1.165, 1.54) is 66.0 Å². The van der Waals surface area contributed by atoms with Gasteiger partial charge in [0.15, 0.2) is 44.0 Å². The normalized spacial score (nSPS) is 12.5. The number of hydrogen-bond donors (Lipinski definition) is 9. The number of nitrogens with zero attached hydrogens (tertiary/aromatic N) is 16. The zero-order chi connectivity index (χ0) is 68.6. The molecule has 0 atom stereocenters. The second kappa shape index (κ2) is 40.6. The monoisotopic (exact) mass is 1460 g/mol. The van der Waals surface area contributed by atoms with E-state index >= 15 is 0 Å². The van der Waals surface area contributed by atoms with Gasteiger partial charge in [-0.25, -0.2) is 0 Å². The highest BCUT2D eigenvalue weighted by Gasteiger charge is 2.13. The second-order valence-electron chi connectivity index (χ2n) is 22.3. The van der Waals surface area contributed by atoms with Gasteiger partial charge in [-0.15, -0.1) is 0 Å². The van der Waals surface area contributed by atoms with Crippen LogP contribution in [0.15, 0.2) is 128 Å². The lowest BCUT2D eigenvalue weighted by atomic mass is 10.0. The fourth-order valence-corrected chi connectivity index (χ4v) is 11.7. The Morgan fingerprint density at radius 3 is 1.53 bits per heavy atom. The molecule has 0 saturated carbocycles. The summed E-state index contributed by atoms with van der Waals surface area (Å²) in [4.78, 5) is 0. The minimum atomic E-state index is 0.172. The number of unbranched alkanes of at least 4 members (excludes halogenated alkanes) is 1. The fraction of sp³-hybridized carbons (Fsp3) is 0.397. The average Bonchev–Trinajstić information content (AvgIpc) is 1.95. The largest absolute Gasteiger partial charge is 0.396 e. The molecule has 11 heterocycles. The molecule has 0 radical (unpaired) electrons. The highest BCUT2D eigenvalue weighted by Crippen LogP contribution is 2.20. The molecule has 15 rings (SSSR count). The number of aryl methyl sites for hydroxylation is 7. The molecule has 0 bridgehead atoms. The molecule has 8 aromatic heterocycles. The van der Waals surface area contributed by atoms with E-state index in [0.29, 0.717) is 41.7 Å². The van der Waals surface area contributed by atoms with Crippen molar-refractivity contribution in [3.05, 3.63) is 207 Å². The summed E-state index contributed by atoms with van der Waals surface area (Å²) in [5, 5.41) is 65.0. The molecule has 26 nitrogen and oxygen atoms in total. The van der Waals surface area contributed by atoms with Crippen molar-refractivity contribution in [2.24, 2.45) is 7.05 Å². The quantitative estimate of drug-likeness (QED) is 0.0457. The Bertz CT molecular complexity index is 4670. The van der Waals surface area contributed by atoms with Crippen LogP contribution in [0.1, 0.15) is 105 Å². The van der Waals surface area contributed by atoms with Gasteiger partial charge in [-0.3, -0.25) is 49.9 Å². The van der Waals surface area contributed by atoms with Gasteiger partial charge < -0.3 is 37.2 Å². The SMILES string of the molecule is CCCCn1cn[nH]c1=S.Cn1cn[nH]c1=S.OCCCc1n[nH]c(=S)n1Cc1ccccc1.S=c1[nH]nc2n1CCCC2.S=c1[nH]nc2n1CCCCC2.S=c1[nH]nc2n1CCOC2.S=c1[nH]ncn1CCCc1ccccc1.S=c1[nH]ncn1Cc1cccc2ccccc12. The molecule has 4 aromatic carbocycles. The molecule has 34 heteroatoms. The van der Waals surface area contributed by atoms with Gasteiger partial charge in [0.1, 0.15) is 49.4 Å². The summed E-state index contributed by atoms with van der Waals surface area (Å²) in [6.07, 6.45) is 21.2. The summed E-state index contributed by atoms with van der Waals surface area (Å²) < 4.78 is 26.4. The summed E-state index contributed by atoms with van der Waals surface area (Å²) in [5.41, 5.74) is 3.81. The zero-order valence-electron chi connectivity index (χ0n) is 54.2. The number of fused-ring (bicyclic) bond motifs is 4. The highest BCUT2D eigenvalue weighted by molar-refractivity contribution is 7.72. The molecule has 3 aliphatic heterocycles. The topological polar surface area (TPSA) is 298 Å². The summed E-state index contributed by atoms with van der Waals surface area (Å²) in [7, 11) is 1.84. The lowest BCUT2D eigenvalue weighted by Crippen LogP contribution is -2.16. The predicted octanol–water partition coefficient (Wildman–Crippen LogP) is 13.3. The maximum Gasteiger partial charge on any atom is 0.195 e. The van der Waals surface area contributed by atoms with Crippen molar-refractivity contribution >= 4 is 109 Å². The van der Waals surface area contributed by atoms with E-state index in [9.17, 15) is 0 Å². The smallest absolute Gasteiger partial charge is 0.195 e. The molecule has 0 unspecified atom stereocenters. The number of benzene rings is 4. The standard InChI is InChI=1S/C13H11N3S.C12H15N3OS.C11H13N3S.C7H11N3S.C6H9N3S.C6H11N3S.C5H7N3OS.C3H5N3S/c17-13-15-14-9-16(13)8-11-6-3-5-10-4-1-2-7-12(10)11;16-8-4-7-11-13-14-12(17)15(11)9-10-5-2-1-3-6-10;15-11-13-12-9-14(11)8-4-7-10-5-2-1-3-6-10;11-7-9-8-6-4-2-1-3-5-10(6)7;10-6-8-7-5-3-1-2-4-9(5)6;1-2-3-4-9-5-7-8-6(9)10;10-5-7-6-4-3-9-2-1-8(4)5;1-6-2-4-5-3(6)7/h1-7,9H,8H2,(H,15,17);1-3,5-6,16H,4,7-9H2,(H,14,17);1-3,5-6,9H,4,7-8H2,(H,13,15);1-5H2,(H,9,11);1-4H2,(H,8,10);5H,2-4H2,1H3,(H,8,10);1-3H2,(H,7,10);2H,1H3,(H,5,7). The van der Waals surface area contributed by atoms with Crippen LogP contribution >= 0.6 is 97.7 Å². The maximum absolute atomic E-state index is 8.84. The summed E-state index contributed by atoms with van der Waals surface area (Å²) in [5.74, 6) is 4.05. The Labute approximate surface area is 601 Å².